The Morgan fingerprint density at radius 3 is 2.21 bits per heavy atom. The van der Waals surface area contributed by atoms with Gasteiger partial charge in [0.1, 0.15) is 0 Å². The van der Waals surface area contributed by atoms with Gasteiger partial charge in [0.15, 0.2) is 0 Å². The fraction of sp³-hybridized carbons (Fsp3) is 0.647. The normalized spacial score (nSPS) is 15.2. The molecule has 19 heavy (non-hydrogen) atoms. The van der Waals surface area contributed by atoms with E-state index in [1.807, 2.05) is 0 Å². The second-order valence-electron chi connectivity index (χ2n) is 6.02. The summed E-state index contributed by atoms with van der Waals surface area (Å²) in [6, 6.07) is 10.9. The minimum absolute atomic E-state index is 0.110. The van der Waals surface area contributed by atoms with Gasteiger partial charge in [0.2, 0.25) is 0 Å². The zero-order valence-corrected chi connectivity index (χ0v) is 13.1. The molecule has 0 aliphatic heterocycles. The van der Waals surface area contributed by atoms with Crippen LogP contribution in [0.4, 0.5) is 0 Å². The maximum Gasteiger partial charge on any atom is 0.0774 e. The molecule has 1 N–H and O–H groups in total. The van der Waals surface area contributed by atoms with Gasteiger partial charge < -0.3 is 10.1 Å². The van der Waals surface area contributed by atoms with Crippen LogP contribution < -0.4 is 5.32 Å². The Balaban J connectivity index is 2.88. The molecule has 1 aromatic carbocycles. The first-order valence-corrected chi connectivity index (χ1v) is 7.44. The summed E-state index contributed by atoms with van der Waals surface area (Å²) in [5.41, 5.74) is 1.20. The number of hydrogen-bond acceptors (Lipinski definition) is 2. The van der Waals surface area contributed by atoms with Crippen molar-refractivity contribution in [2.24, 2.45) is 0 Å². The second kappa shape index (κ2) is 7.66. The van der Waals surface area contributed by atoms with E-state index in [4.69, 9.17) is 4.74 Å². The summed E-state index contributed by atoms with van der Waals surface area (Å²) < 4.78 is 6.24. The number of nitrogens with one attached hydrogen (secondary N) is 1. The molecular formula is C17H29NO. The molecule has 2 atom stereocenters. The van der Waals surface area contributed by atoms with Gasteiger partial charge in [-0.15, -0.1) is 0 Å². The number of hydrogen-bond donors (Lipinski definition) is 1. The van der Waals surface area contributed by atoms with E-state index in [-0.39, 0.29) is 17.7 Å². The van der Waals surface area contributed by atoms with Crippen LogP contribution in [0.5, 0.6) is 0 Å². The van der Waals surface area contributed by atoms with Crippen LogP contribution in [-0.4, -0.2) is 18.2 Å². The van der Waals surface area contributed by atoms with Gasteiger partial charge in [0.25, 0.3) is 0 Å². The van der Waals surface area contributed by atoms with Crippen LogP contribution in [-0.2, 0) is 4.74 Å². The van der Waals surface area contributed by atoms with Gasteiger partial charge >= 0.3 is 0 Å². The van der Waals surface area contributed by atoms with Gasteiger partial charge in [-0.1, -0.05) is 44.2 Å². The van der Waals surface area contributed by atoms with E-state index >= 15 is 0 Å². The second-order valence-corrected chi connectivity index (χ2v) is 6.02. The highest BCUT2D eigenvalue weighted by atomic mass is 16.5. The third-order valence-corrected chi connectivity index (χ3v) is 3.05. The summed E-state index contributed by atoms with van der Waals surface area (Å²) in [5.74, 6) is 0. The van der Waals surface area contributed by atoms with Gasteiger partial charge in [0, 0.05) is 0 Å². The maximum atomic E-state index is 6.24. The molecule has 0 bridgehead atoms. The lowest BCUT2D eigenvalue weighted by atomic mass is 9.98. The summed E-state index contributed by atoms with van der Waals surface area (Å²) in [5, 5.41) is 3.63. The largest absolute Gasteiger partial charge is 0.371 e. The number of rotatable bonds is 7. The lowest BCUT2D eigenvalue weighted by molar-refractivity contribution is -0.0771. The number of benzene rings is 1. The molecule has 2 unspecified atom stereocenters. The van der Waals surface area contributed by atoms with Gasteiger partial charge in [-0.25, -0.2) is 0 Å². The van der Waals surface area contributed by atoms with Gasteiger partial charge in [-0.3, -0.25) is 0 Å². The van der Waals surface area contributed by atoms with E-state index < -0.39 is 0 Å². The summed E-state index contributed by atoms with van der Waals surface area (Å²) in [4.78, 5) is 0. The first-order chi connectivity index (χ1) is 8.98. The number of ether oxygens (including phenoxy) is 1. The summed E-state index contributed by atoms with van der Waals surface area (Å²) in [7, 11) is 0. The quantitative estimate of drug-likeness (QED) is 0.791. The van der Waals surface area contributed by atoms with Gasteiger partial charge in [-0.2, -0.15) is 0 Å². The van der Waals surface area contributed by atoms with E-state index in [0.717, 1.165) is 19.4 Å². The topological polar surface area (TPSA) is 21.3 Å². The predicted molar refractivity (Wildman–Crippen MR) is 82.4 cm³/mol. The highest BCUT2D eigenvalue weighted by Gasteiger charge is 2.26. The van der Waals surface area contributed by atoms with E-state index in [0.29, 0.717) is 0 Å². The Morgan fingerprint density at radius 2 is 1.74 bits per heavy atom. The van der Waals surface area contributed by atoms with Crippen molar-refractivity contribution in [2.75, 3.05) is 6.54 Å². The van der Waals surface area contributed by atoms with Gasteiger partial charge in [0.05, 0.1) is 17.7 Å². The lowest BCUT2D eigenvalue weighted by Crippen LogP contribution is -2.38. The van der Waals surface area contributed by atoms with Crippen molar-refractivity contribution in [3.05, 3.63) is 35.9 Å². The predicted octanol–water partition coefficient (Wildman–Crippen LogP) is 4.32. The molecule has 0 aliphatic rings. The first kappa shape index (κ1) is 16.2. The van der Waals surface area contributed by atoms with Crippen molar-refractivity contribution in [1.82, 2.24) is 5.32 Å². The van der Waals surface area contributed by atoms with Crippen LogP contribution in [0.1, 0.15) is 59.1 Å². The minimum Gasteiger partial charge on any atom is -0.371 e. The lowest BCUT2D eigenvalue weighted by Gasteiger charge is -2.33. The Bertz CT molecular complexity index is 342. The molecule has 0 aromatic heterocycles. The molecule has 2 heteroatoms. The Labute approximate surface area is 118 Å². The summed E-state index contributed by atoms with van der Waals surface area (Å²) >= 11 is 0. The maximum absolute atomic E-state index is 6.24. The van der Waals surface area contributed by atoms with Crippen LogP contribution in [0, 0.1) is 0 Å². The molecule has 0 radical (unpaired) electrons. The molecular weight excluding hydrogens is 234 g/mol. The van der Waals surface area contributed by atoms with E-state index in [1.165, 1.54) is 5.56 Å². The summed E-state index contributed by atoms with van der Waals surface area (Å²) in [6.45, 7) is 11.8. The molecule has 1 rings (SSSR count). The van der Waals surface area contributed by atoms with Crippen molar-refractivity contribution >= 4 is 0 Å². The molecule has 0 heterocycles. The van der Waals surface area contributed by atoms with E-state index in [1.54, 1.807) is 0 Å². The van der Waals surface area contributed by atoms with Crippen molar-refractivity contribution in [1.29, 1.82) is 0 Å². The van der Waals surface area contributed by atoms with Crippen LogP contribution in [0.2, 0.25) is 0 Å². The molecule has 0 spiro atoms. The highest BCUT2D eigenvalue weighted by molar-refractivity contribution is 5.20. The molecule has 1 aromatic rings. The molecule has 108 valence electrons. The van der Waals surface area contributed by atoms with Crippen molar-refractivity contribution < 1.29 is 4.74 Å². The van der Waals surface area contributed by atoms with Crippen molar-refractivity contribution in [3.8, 4) is 0 Å². The monoisotopic (exact) mass is 263 g/mol. The molecule has 0 saturated carbocycles. The molecule has 0 fully saturated rings. The van der Waals surface area contributed by atoms with Gasteiger partial charge in [-0.05, 0) is 45.7 Å². The minimum atomic E-state index is -0.110. The third kappa shape index (κ3) is 5.75. The SMILES string of the molecule is CCCNC(c1ccccc1)C(CC)OC(C)(C)C. The molecule has 0 aliphatic carbocycles. The average molecular weight is 263 g/mol. The zero-order chi connectivity index (χ0) is 14.3. The van der Waals surface area contributed by atoms with Crippen LogP contribution in [0.15, 0.2) is 30.3 Å². The van der Waals surface area contributed by atoms with Crippen LogP contribution in [0.25, 0.3) is 0 Å². The fourth-order valence-corrected chi connectivity index (χ4v) is 2.27. The van der Waals surface area contributed by atoms with Crippen molar-refractivity contribution in [3.63, 3.8) is 0 Å². The van der Waals surface area contributed by atoms with Crippen molar-refractivity contribution in [2.45, 2.75) is 65.2 Å². The van der Waals surface area contributed by atoms with E-state index in [9.17, 15) is 0 Å². The first-order valence-electron chi connectivity index (χ1n) is 7.44. The Hall–Kier alpha value is -0.860. The third-order valence-electron chi connectivity index (χ3n) is 3.05. The molecule has 0 saturated heterocycles. The fourth-order valence-electron chi connectivity index (χ4n) is 2.27. The molecule has 0 amide bonds. The van der Waals surface area contributed by atoms with E-state index in [2.05, 4.69) is 70.3 Å². The van der Waals surface area contributed by atoms with Crippen LogP contribution in [0.3, 0.4) is 0 Å². The summed E-state index contributed by atoms with van der Waals surface area (Å²) in [6.07, 6.45) is 2.34. The average Bonchev–Trinajstić information content (AvgIpc) is 2.37. The smallest absolute Gasteiger partial charge is 0.0774 e. The zero-order valence-electron chi connectivity index (χ0n) is 13.1. The van der Waals surface area contributed by atoms with Crippen LogP contribution >= 0.6 is 0 Å². The Kier molecular flexibility index (Phi) is 6.53. The standard InChI is InChI=1S/C17H29NO/c1-6-13-18-16(14-11-9-8-10-12-14)15(7-2)19-17(3,4)5/h8-12,15-16,18H,6-7,13H2,1-5H3. The molecule has 2 nitrogen and oxygen atoms in total. The Morgan fingerprint density at radius 1 is 1.11 bits per heavy atom. The highest BCUT2D eigenvalue weighted by Crippen LogP contribution is 2.25.